The maximum absolute atomic E-state index is 13.4. The zero-order valence-corrected chi connectivity index (χ0v) is 54.7. The first-order valence-corrected chi connectivity index (χ1v) is 34.7. The van der Waals surface area contributed by atoms with Gasteiger partial charge in [0.15, 0.2) is 12.6 Å². The number of carbonyl (C=O) groups excluding carboxylic acids is 2. The molecule has 0 spiro atoms. The van der Waals surface area contributed by atoms with Crippen LogP contribution in [0.5, 0.6) is 0 Å². The fourth-order valence-electron chi connectivity index (χ4n) is 12.1. The standard InChI is InChI=1S/C67H122N2O21/c1-4-6-8-10-12-14-16-18-19-20-21-22-23-24-25-26-27-29-30-32-34-36-38-40-49(74)48(69-54(77)41-39-37-35-33-31-28-17-15-13-11-9-7-5-2)46-85-64-59(81)58(80)61(53(45-72)87-64)88-65-60(82)63(57(79)52(44-71)86-65)90-67(66(83)84)42-50(75)55(68-47(3)73)62(89-67)56(78)51(76)43-70/h28,31,35,37,48-53,55-65,70-72,74-76,78-82H,4-27,29-30,32-34,36,38-46H2,1-3H3,(H,68,73)(H,69,77)(H,83,84)/b31-28-,37-35-. The molecule has 3 heterocycles. The summed E-state index contributed by atoms with van der Waals surface area (Å²) >= 11 is 0. The van der Waals surface area contributed by atoms with Crippen LogP contribution in [0.2, 0.25) is 0 Å². The zero-order chi connectivity index (χ0) is 66.1. The first-order chi connectivity index (χ1) is 43.4. The number of rotatable bonds is 52. The molecule has 0 aromatic carbocycles. The summed E-state index contributed by atoms with van der Waals surface area (Å²) in [5.74, 6) is -6.17. The van der Waals surface area contributed by atoms with Crippen molar-refractivity contribution in [2.45, 2.75) is 355 Å². The van der Waals surface area contributed by atoms with Gasteiger partial charge in [-0.05, 0) is 32.1 Å². The Morgan fingerprint density at radius 1 is 0.578 bits per heavy atom. The normalized spacial score (nSPS) is 28.7. The van der Waals surface area contributed by atoms with Gasteiger partial charge in [-0.3, -0.25) is 9.59 Å². The van der Waals surface area contributed by atoms with Gasteiger partial charge in [0.1, 0.15) is 67.1 Å². The van der Waals surface area contributed by atoms with Crippen molar-refractivity contribution < 1.29 is 104 Å². The van der Waals surface area contributed by atoms with Gasteiger partial charge in [0.25, 0.3) is 5.79 Å². The fraction of sp³-hybridized carbons (Fsp3) is 0.896. The van der Waals surface area contributed by atoms with Gasteiger partial charge in [-0.1, -0.05) is 218 Å². The second kappa shape index (κ2) is 48.0. The van der Waals surface area contributed by atoms with Crippen molar-refractivity contribution in [2.24, 2.45) is 0 Å². The van der Waals surface area contributed by atoms with Gasteiger partial charge < -0.3 is 100 Å². The van der Waals surface area contributed by atoms with E-state index >= 15 is 0 Å². The van der Waals surface area contributed by atoms with E-state index in [0.717, 1.165) is 51.9 Å². The van der Waals surface area contributed by atoms with Crippen LogP contribution in [-0.4, -0.2) is 215 Å². The van der Waals surface area contributed by atoms with Crippen LogP contribution in [0.4, 0.5) is 0 Å². The SMILES string of the molecule is CCCCCCCC/C=C\C/C=C\CCC(=O)NC(COC1OC(CO)C(OC2OC(CO)C(O)C(OC3(C(=O)O)CC(O)C(NC(C)=O)C(C(O)C(O)CO)O3)C2O)C(O)C1O)C(O)CCCCCCCCCCCCCCCCCCCCCCCCC. The van der Waals surface area contributed by atoms with Crippen LogP contribution in [0.3, 0.4) is 0 Å². The number of ether oxygens (including phenoxy) is 6. The number of aliphatic hydroxyl groups excluding tert-OH is 11. The lowest BCUT2D eigenvalue weighted by Gasteiger charge is -2.50. The van der Waals surface area contributed by atoms with Gasteiger partial charge in [0.2, 0.25) is 11.8 Å². The summed E-state index contributed by atoms with van der Waals surface area (Å²) in [6.07, 6.45) is 17.8. The van der Waals surface area contributed by atoms with Crippen LogP contribution in [0.15, 0.2) is 24.3 Å². The molecule has 3 rings (SSSR count). The minimum atomic E-state index is -3.08. The van der Waals surface area contributed by atoms with Crippen LogP contribution in [0, 0.1) is 0 Å². The third-order valence-corrected chi connectivity index (χ3v) is 17.7. The number of unbranched alkanes of at least 4 members (excludes halogenated alkanes) is 28. The smallest absolute Gasteiger partial charge is 0.364 e. The maximum Gasteiger partial charge on any atom is 0.364 e. The summed E-state index contributed by atoms with van der Waals surface area (Å²) in [6.45, 7) is 2.15. The third kappa shape index (κ3) is 30.3. The van der Waals surface area contributed by atoms with E-state index in [9.17, 15) is 75.7 Å². The minimum absolute atomic E-state index is 0.117. The lowest BCUT2D eigenvalue weighted by molar-refractivity contribution is -0.386. The molecule has 2 amide bonds. The molecule has 0 radical (unpaired) electrons. The molecule has 23 heteroatoms. The van der Waals surface area contributed by atoms with E-state index in [4.69, 9.17) is 28.4 Å². The molecular weight excluding hydrogens is 1170 g/mol. The molecule has 18 unspecified atom stereocenters. The Bertz CT molecular complexity index is 1920. The van der Waals surface area contributed by atoms with E-state index in [-0.39, 0.29) is 12.3 Å². The van der Waals surface area contributed by atoms with Crippen LogP contribution in [0.1, 0.15) is 245 Å². The molecule has 0 aromatic rings. The Labute approximate surface area is 536 Å². The van der Waals surface area contributed by atoms with E-state index in [1.54, 1.807) is 0 Å². The molecule has 0 bridgehead atoms. The Morgan fingerprint density at radius 3 is 1.56 bits per heavy atom. The van der Waals surface area contributed by atoms with Crippen molar-refractivity contribution in [3.63, 3.8) is 0 Å². The monoisotopic (exact) mass is 1290 g/mol. The van der Waals surface area contributed by atoms with Gasteiger partial charge in [0, 0.05) is 19.8 Å². The number of allylic oxidation sites excluding steroid dienone is 4. The Balaban J connectivity index is 1.58. The number of carbonyl (C=O) groups is 3. The lowest BCUT2D eigenvalue weighted by atomic mass is 9.88. The van der Waals surface area contributed by atoms with Gasteiger partial charge in [-0.2, -0.15) is 0 Å². The highest BCUT2D eigenvalue weighted by molar-refractivity contribution is 5.77. The predicted octanol–water partition coefficient (Wildman–Crippen LogP) is 6.06. The van der Waals surface area contributed by atoms with Crippen molar-refractivity contribution in [3.8, 4) is 0 Å². The van der Waals surface area contributed by atoms with E-state index in [0.29, 0.717) is 19.3 Å². The number of nitrogens with one attached hydrogen (secondary N) is 2. The van der Waals surface area contributed by atoms with Crippen molar-refractivity contribution in [1.82, 2.24) is 10.6 Å². The second-order valence-electron chi connectivity index (χ2n) is 25.4. The Hall–Kier alpha value is -2.79. The molecule has 18 atom stereocenters. The van der Waals surface area contributed by atoms with Gasteiger partial charge in [0.05, 0.1) is 50.7 Å². The van der Waals surface area contributed by atoms with Crippen LogP contribution in [0.25, 0.3) is 0 Å². The summed E-state index contributed by atoms with van der Waals surface area (Å²) in [7, 11) is 0. The highest BCUT2D eigenvalue weighted by atomic mass is 16.8. The van der Waals surface area contributed by atoms with E-state index < -0.39 is 155 Å². The fourth-order valence-corrected chi connectivity index (χ4v) is 12.1. The number of carboxylic acid groups (broad SMARTS) is 1. The molecule has 3 saturated heterocycles. The zero-order valence-electron chi connectivity index (χ0n) is 54.7. The average molecular weight is 1290 g/mol. The van der Waals surface area contributed by atoms with Crippen molar-refractivity contribution >= 4 is 17.8 Å². The molecular formula is C67H122N2O21. The third-order valence-electron chi connectivity index (χ3n) is 17.7. The number of amides is 2. The molecule has 526 valence electrons. The summed E-state index contributed by atoms with van der Waals surface area (Å²) in [5.41, 5.74) is 0. The highest BCUT2D eigenvalue weighted by Gasteiger charge is 2.60. The first kappa shape index (κ1) is 81.4. The number of carboxylic acids is 1. The molecule has 0 saturated carbocycles. The summed E-state index contributed by atoms with van der Waals surface area (Å²) in [5, 5.41) is 136. The van der Waals surface area contributed by atoms with E-state index in [1.165, 1.54) is 148 Å². The molecule has 3 fully saturated rings. The summed E-state index contributed by atoms with van der Waals surface area (Å²) in [4.78, 5) is 38.5. The molecule has 0 aromatic heterocycles. The number of aliphatic hydroxyl groups is 11. The quantitative estimate of drug-likeness (QED) is 0.0243. The first-order valence-electron chi connectivity index (χ1n) is 34.7. The van der Waals surface area contributed by atoms with Crippen LogP contribution >= 0.6 is 0 Å². The number of hydrogen-bond donors (Lipinski definition) is 14. The number of hydrogen-bond acceptors (Lipinski definition) is 20. The van der Waals surface area contributed by atoms with Crippen molar-refractivity contribution in [1.29, 1.82) is 0 Å². The van der Waals surface area contributed by atoms with Crippen LogP contribution in [-0.2, 0) is 42.8 Å². The molecule has 3 aliphatic heterocycles. The van der Waals surface area contributed by atoms with E-state index in [1.807, 2.05) is 12.2 Å². The van der Waals surface area contributed by atoms with E-state index in [2.05, 4.69) is 36.6 Å². The van der Waals surface area contributed by atoms with Crippen LogP contribution < -0.4 is 10.6 Å². The molecule has 23 nitrogen and oxygen atoms in total. The average Bonchev–Trinajstić information content (AvgIpc) is 0.834. The van der Waals surface area contributed by atoms with Crippen molar-refractivity contribution in [2.75, 3.05) is 26.4 Å². The number of aliphatic carboxylic acids is 1. The van der Waals surface area contributed by atoms with Crippen molar-refractivity contribution in [3.05, 3.63) is 24.3 Å². The molecule has 14 N–H and O–H groups in total. The Morgan fingerprint density at radius 2 is 1.07 bits per heavy atom. The summed E-state index contributed by atoms with van der Waals surface area (Å²) < 4.78 is 34.8. The maximum atomic E-state index is 13.4. The topological polar surface area (TPSA) is 373 Å². The largest absolute Gasteiger partial charge is 0.477 e. The molecule has 3 aliphatic rings. The van der Waals surface area contributed by atoms with Gasteiger partial charge in [-0.15, -0.1) is 0 Å². The molecule has 0 aliphatic carbocycles. The minimum Gasteiger partial charge on any atom is -0.477 e. The second-order valence-corrected chi connectivity index (χ2v) is 25.4. The Kier molecular flexibility index (Phi) is 43.4. The summed E-state index contributed by atoms with van der Waals surface area (Å²) in [6, 6.07) is -2.56. The molecule has 90 heavy (non-hydrogen) atoms. The highest BCUT2D eigenvalue weighted by Crippen LogP contribution is 2.39. The predicted molar refractivity (Wildman–Crippen MR) is 338 cm³/mol. The lowest BCUT2D eigenvalue weighted by Crippen LogP contribution is -2.70. The van der Waals surface area contributed by atoms with Gasteiger partial charge in [-0.25, -0.2) is 4.79 Å². The van der Waals surface area contributed by atoms with Gasteiger partial charge >= 0.3 is 5.97 Å².